The molecule has 0 bridgehead atoms. The van der Waals surface area contributed by atoms with Crippen LogP contribution in [0.1, 0.15) is 48.1 Å². The summed E-state index contributed by atoms with van der Waals surface area (Å²) in [7, 11) is 1.51. The van der Waals surface area contributed by atoms with Crippen LogP contribution in [0.25, 0.3) is 0 Å². The molecule has 2 aliphatic rings. The summed E-state index contributed by atoms with van der Waals surface area (Å²) in [5, 5.41) is 19.4. The fraction of sp³-hybridized carbons (Fsp3) is 0.308. The van der Waals surface area contributed by atoms with Crippen molar-refractivity contribution >= 4 is 40.4 Å². The Morgan fingerprint density at radius 2 is 1.86 bits per heavy atom. The average molecular weight is 523 g/mol. The molecule has 1 saturated heterocycles. The maximum Gasteiger partial charge on any atom is 0.162 e. The molecular weight excluding hydrogens is 499 g/mol. The van der Waals surface area contributed by atoms with Crippen LogP contribution in [0, 0.1) is 22.2 Å². The Morgan fingerprint density at radius 3 is 2.47 bits per heavy atom. The molecular formula is C26H24Cl2N6O2. The second-order valence-corrected chi connectivity index (χ2v) is 10.1. The van der Waals surface area contributed by atoms with Gasteiger partial charge in [0.1, 0.15) is 18.0 Å². The van der Waals surface area contributed by atoms with Gasteiger partial charge in [-0.25, -0.2) is 4.98 Å². The van der Waals surface area contributed by atoms with Gasteiger partial charge in [-0.05, 0) is 31.9 Å². The van der Waals surface area contributed by atoms with E-state index in [4.69, 9.17) is 43.8 Å². The minimum atomic E-state index is -0.537. The molecule has 3 N–H and O–H groups in total. The minimum absolute atomic E-state index is 0.116. The van der Waals surface area contributed by atoms with Crippen LogP contribution in [0.4, 0.5) is 11.5 Å². The predicted molar refractivity (Wildman–Crippen MR) is 139 cm³/mol. The van der Waals surface area contributed by atoms with Gasteiger partial charge in [-0.1, -0.05) is 23.2 Å². The van der Waals surface area contributed by atoms with E-state index in [0.717, 1.165) is 13.1 Å². The summed E-state index contributed by atoms with van der Waals surface area (Å²) >= 11 is 12.6. The van der Waals surface area contributed by atoms with Crippen LogP contribution >= 0.6 is 23.2 Å². The fourth-order valence-electron chi connectivity index (χ4n) is 4.59. The van der Waals surface area contributed by atoms with Gasteiger partial charge < -0.3 is 20.1 Å². The molecule has 1 spiro atoms. The number of pyridine rings is 2. The lowest BCUT2D eigenvalue weighted by Crippen LogP contribution is -2.49. The first-order valence-electron chi connectivity index (χ1n) is 11.4. The highest BCUT2D eigenvalue weighted by atomic mass is 35.5. The highest BCUT2D eigenvalue weighted by Crippen LogP contribution is 2.54. The molecule has 10 heteroatoms. The average Bonchev–Trinajstić information content (AvgIpc) is 3.64. The number of halogens is 2. The third-order valence-corrected chi connectivity index (χ3v) is 7.39. The van der Waals surface area contributed by atoms with Gasteiger partial charge in [-0.2, -0.15) is 5.26 Å². The molecule has 8 nitrogen and oxygen atoms in total. The van der Waals surface area contributed by atoms with Crippen molar-refractivity contribution in [3.63, 3.8) is 0 Å². The maximum atomic E-state index is 9.75. The summed E-state index contributed by atoms with van der Waals surface area (Å²) in [6, 6.07) is 7.16. The van der Waals surface area contributed by atoms with Crippen molar-refractivity contribution < 1.29 is 9.47 Å². The molecule has 0 radical (unpaired) electrons. The van der Waals surface area contributed by atoms with Gasteiger partial charge in [0.05, 0.1) is 28.4 Å². The van der Waals surface area contributed by atoms with Gasteiger partial charge in [0.2, 0.25) is 0 Å². The van der Waals surface area contributed by atoms with Gasteiger partial charge in [0.25, 0.3) is 0 Å². The van der Waals surface area contributed by atoms with Crippen LogP contribution in [0.3, 0.4) is 0 Å². The number of nitrogens with one attached hydrogen (secondary N) is 1. The van der Waals surface area contributed by atoms with Crippen LogP contribution in [0.15, 0.2) is 36.8 Å². The summed E-state index contributed by atoms with van der Waals surface area (Å²) in [6.45, 7) is 3.67. The van der Waals surface area contributed by atoms with Gasteiger partial charge in [-0.3, -0.25) is 10.4 Å². The molecule has 0 unspecified atom stereocenters. The van der Waals surface area contributed by atoms with Gasteiger partial charge >= 0.3 is 0 Å². The predicted octanol–water partition coefficient (Wildman–Crippen LogP) is 5.40. The monoisotopic (exact) mass is 522 g/mol. The van der Waals surface area contributed by atoms with Crippen LogP contribution in [0.2, 0.25) is 10.0 Å². The number of nitrogens with zero attached hydrogens (tertiary/aromatic N) is 4. The van der Waals surface area contributed by atoms with E-state index in [1.54, 1.807) is 31.3 Å². The first kappa shape index (κ1) is 24.2. The molecule has 0 amide bonds. The molecule has 1 aliphatic carbocycles. The Bertz CT molecular complexity index is 1390. The minimum Gasteiger partial charge on any atom is -0.493 e. The number of methoxy groups -OCH3 is 1. The first-order chi connectivity index (χ1) is 17.2. The zero-order chi connectivity index (χ0) is 25.6. The van der Waals surface area contributed by atoms with E-state index in [9.17, 15) is 5.26 Å². The van der Waals surface area contributed by atoms with E-state index >= 15 is 0 Å². The number of aromatic nitrogens is 2. The molecule has 1 aliphatic heterocycles. The second kappa shape index (κ2) is 9.16. The van der Waals surface area contributed by atoms with Gasteiger partial charge in [0.15, 0.2) is 11.5 Å². The number of nitrogen functional groups attached to an aromatic ring is 1. The Labute approximate surface area is 219 Å². The molecule has 1 saturated carbocycles. The number of hydrogen-bond acceptors (Lipinski definition) is 8. The zero-order valence-corrected chi connectivity index (χ0v) is 21.3. The Kier molecular flexibility index (Phi) is 6.15. The molecule has 2 fully saturated rings. The molecule has 1 aromatic carbocycles. The van der Waals surface area contributed by atoms with E-state index in [1.807, 2.05) is 0 Å². The maximum absolute atomic E-state index is 9.75. The molecule has 1 atom stereocenters. The Morgan fingerprint density at radius 1 is 1.17 bits per heavy atom. The van der Waals surface area contributed by atoms with Crippen molar-refractivity contribution in [2.45, 2.75) is 25.9 Å². The third-order valence-electron chi connectivity index (χ3n) is 6.79. The van der Waals surface area contributed by atoms with E-state index in [2.05, 4.69) is 20.9 Å². The largest absolute Gasteiger partial charge is 0.493 e. The normalized spacial score (nSPS) is 16.1. The van der Waals surface area contributed by atoms with Crippen LogP contribution in [0.5, 0.6) is 11.5 Å². The van der Waals surface area contributed by atoms with Gasteiger partial charge in [0, 0.05) is 65.5 Å². The number of hydrogen-bond donors (Lipinski definition) is 2. The Hall–Kier alpha value is -3.54. The number of nitrogens with two attached hydrogens (primary N) is 1. The lowest BCUT2D eigenvalue weighted by atomic mass is 9.95. The van der Waals surface area contributed by atoms with Crippen molar-refractivity contribution in [3.8, 4) is 17.6 Å². The van der Waals surface area contributed by atoms with E-state index in [1.165, 1.54) is 32.3 Å². The van der Waals surface area contributed by atoms with Crippen LogP contribution in [-0.2, 0) is 0 Å². The van der Waals surface area contributed by atoms with Crippen LogP contribution in [-0.4, -0.2) is 35.9 Å². The molecule has 5 rings (SSSR count). The van der Waals surface area contributed by atoms with Crippen molar-refractivity contribution in [1.29, 1.82) is 10.7 Å². The molecule has 2 aromatic heterocycles. The number of nitriles is 1. The quantitative estimate of drug-likeness (QED) is 0.314. The molecule has 3 aromatic rings. The number of ether oxygens (including phenoxy) is 2. The zero-order valence-electron chi connectivity index (χ0n) is 19.8. The lowest BCUT2D eigenvalue weighted by molar-refractivity contribution is 0.216. The van der Waals surface area contributed by atoms with Crippen molar-refractivity contribution in [2.24, 2.45) is 5.41 Å². The molecule has 3 heterocycles. The fourth-order valence-corrected chi connectivity index (χ4v) is 5.27. The second-order valence-electron chi connectivity index (χ2n) is 9.31. The van der Waals surface area contributed by atoms with Gasteiger partial charge in [-0.15, -0.1) is 0 Å². The van der Waals surface area contributed by atoms with E-state index < -0.39 is 6.10 Å². The summed E-state index contributed by atoms with van der Waals surface area (Å²) in [5.74, 6) is 1.43. The summed E-state index contributed by atoms with van der Waals surface area (Å²) in [5.41, 5.74) is 9.10. The smallest absolute Gasteiger partial charge is 0.162 e. The van der Waals surface area contributed by atoms with Crippen molar-refractivity contribution in [1.82, 2.24) is 9.97 Å². The number of rotatable bonds is 7. The van der Waals surface area contributed by atoms with Crippen LogP contribution < -0.4 is 20.1 Å². The van der Waals surface area contributed by atoms with Crippen molar-refractivity contribution in [3.05, 3.63) is 69.1 Å². The first-order valence-corrected chi connectivity index (χ1v) is 12.2. The number of benzene rings is 1. The highest BCUT2D eigenvalue weighted by molar-refractivity contribution is 6.35. The summed E-state index contributed by atoms with van der Waals surface area (Å²) in [4.78, 5) is 10.6. The molecule has 36 heavy (non-hydrogen) atoms. The molecule has 184 valence electrons. The topological polar surface area (TPSA) is 121 Å². The third kappa shape index (κ3) is 4.29. The highest BCUT2D eigenvalue weighted by Gasteiger charge is 2.53. The Balaban J connectivity index is 1.44. The summed E-state index contributed by atoms with van der Waals surface area (Å²) < 4.78 is 11.6. The standard InChI is InChI=1S/C26H24Cl2N6O2/c1-14(23-18(27)10-32-11-19(23)28)36-22-6-17(20(30)7-21(22)35-2)24(31)16-5-15(8-29)25(33-9-16)34-12-26(13-34)3-4-26/h5-7,9-11,14,31H,3-4,12-13,30H2,1-2H3/t14-/m1/s1. The van der Waals surface area contributed by atoms with Crippen molar-refractivity contribution in [2.75, 3.05) is 30.8 Å². The number of anilines is 2. The lowest BCUT2D eigenvalue weighted by Gasteiger charge is -2.41. The van der Waals surface area contributed by atoms with E-state index in [0.29, 0.717) is 60.7 Å². The SMILES string of the molecule is COc1cc(N)c(C(=N)c2cnc(N3CC4(CC4)C3)c(C#N)c2)cc1O[C@H](C)c1c(Cl)cncc1Cl. The van der Waals surface area contributed by atoms with E-state index in [-0.39, 0.29) is 5.71 Å². The summed E-state index contributed by atoms with van der Waals surface area (Å²) in [6.07, 6.45) is 6.56.